The van der Waals surface area contributed by atoms with E-state index in [0.29, 0.717) is 5.41 Å². The molecule has 4 saturated carbocycles. The van der Waals surface area contributed by atoms with E-state index in [-0.39, 0.29) is 0 Å². The van der Waals surface area contributed by atoms with Gasteiger partial charge in [-0.1, -0.05) is 19.9 Å². The molecule has 2 aromatic rings. The maximum absolute atomic E-state index is 4.34. The first-order chi connectivity index (χ1) is 10.6. The fraction of sp³-hybridized carbons (Fsp3) is 0.650. The van der Waals surface area contributed by atoms with Crippen LogP contribution in [0.15, 0.2) is 18.3 Å². The monoisotopic (exact) mass is 294 g/mol. The van der Waals surface area contributed by atoms with Gasteiger partial charge in [-0.15, -0.1) is 0 Å². The topological polar surface area (TPSA) is 28.7 Å². The zero-order chi connectivity index (χ0) is 14.9. The first-order valence-corrected chi connectivity index (χ1v) is 9.11. The predicted molar refractivity (Wildman–Crippen MR) is 89.9 cm³/mol. The van der Waals surface area contributed by atoms with E-state index in [1.165, 1.54) is 48.6 Å². The fourth-order valence-electron chi connectivity index (χ4n) is 6.56. The summed E-state index contributed by atoms with van der Waals surface area (Å²) in [6, 6.07) is 4.80. The molecule has 1 aromatic carbocycles. The third-order valence-corrected chi connectivity index (χ3v) is 7.00. The molecule has 22 heavy (non-hydrogen) atoms. The van der Waals surface area contributed by atoms with Crippen LogP contribution in [0.3, 0.4) is 0 Å². The van der Waals surface area contributed by atoms with Crippen molar-refractivity contribution < 1.29 is 0 Å². The molecule has 4 fully saturated rings. The molecular formula is C20H26N2. The molecule has 4 aliphatic carbocycles. The summed E-state index contributed by atoms with van der Waals surface area (Å²) >= 11 is 0. The van der Waals surface area contributed by atoms with Gasteiger partial charge < -0.3 is 0 Å². The van der Waals surface area contributed by atoms with Gasteiger partial charge in [0.1, 0.15) is 0 Å². The van der Waals surface area contributed by atoms with Gasteiger partial charge in [0.25, 0.3) is 0 Å². The number of fused-ring (bicyclic) bond motifs is 1. The van der Waals surface area contributed by atoms with Crippen molar-refractivity contribution in [3.63, 3.8) is 0 Å². The molecule has 2 heteroatoms. The largest absolute Gasteiger partial charge is 0.278 e. The van der Waals surface area contributed by atoms with Crippen molar-refractivity contribution in [3.8, 4) is 0 Å². The molecular weight excluding hydrogens is 268 g/mol. The molecule has 2 unspecified atom stereocenters. The normalized spacial score (nSPS) is 39.7. The van der Waals surface area contributed by atoms with Crippen LogP contribution in [-0.4, -0.2) is 10.2 Å². The van der Waals surface area contributed by atoms with Gasteiger partial charge in [-0.2, -0.15) is 5.10 Å². The van der Waals surface area contributed by atoms with Crippen LogP contribution in [-0.2, 0) is 6.42 Å². The molecule has 2 nitrogen and oxygen atoms in total. The molecule has 0 spiro atoms. The Balaban J connectivity index is 1.64. The van der Waals surface area contributed by atoms with Crippen LogP contribution in [0.25, 0.3) is 10.9 Å². The van der Waals surface area contributed by atoms with E-state index in [0.717, 1.165) is 30.1 Å². The maximum Gasteiger partial charge on any atom is 0.0655 e. The van der Waals surface area contributed by atoms with Crippen LogP contribution >= 0.6 is 0 Å². The molecule has 2 atom stereocenters. The van der Waals surface area contributed by atoms with Crippen molar-refractivity contribution in [2.24, 2.45) is 23.2 Å². The van der Waals surface area contributed by atoms with Gasteiger partial charge in [-0.3, -0.25) is 5.10 Å². The molecule has 0 amide bonds. The van der Waals surface area contributed by atoms with Gasteiger partial charge in [-0.25, -0.2) is 0 Å². The summed E-state index contributed by atoms with van der Waals surface area (Å²) in [6.45, 7) is 4.82. The number of hydrogen-bond donors (Lipinski definition) is 1. The van der Waals surface area contributed by atoms with Crippen LogP contribution in [0.1, 0.15) is 63.0 Å². The Labute approximate surface area is 132 Å². The highest BCUT2D eigenvalue weighted by Gasteiger charge is 2.53. The highest BCUT2D eigenvalue weighted by molar-refractivity contribution is 5.83. The summed E-state index contributed by atoms with van der Waals surface area (Å²) in [5, 5.41) is 8.94. The maximum atomic E-state index is 4.34. The molecule has 1 N–H and O–H groups in total. The second-order valence-corrected chi connectivity index (χ2v) is 8.68. The van der Waals surface area contributed by atoms with Gasteiger partial charge in [0.05, 0.1) is 11.7 Å². The fourth-order valence-corrected chi connectivity index (χ4v) is 6.56. The summed E-state index contributed by atoms with van der Waals surface area (Å²) < 4.78 is 0. The Kier molecular flexibility index (Phi) is 2.61. The van der Waals surface area contributed by atoms with Crippen LogP contribution in [0, 0.1) is 23.2 Å². The van der Waals surface area contributed by atoms with Crippen LogP contribution < -0.4 is 0 Å². The van der Waals surface area contributed by atoms with Crippen LogP contribution in [0.4, 0.5) is 0 Å². The van der Waals surface area contributed by atoms with Gasteiger partial charge in [0.15, 0.2) is 0 Å². The van der Waals surface area contributed by atoms with Crippen molar-refractivity contribution in [1.82, 2.24) is 10.2 Å². The lowest BCUT2D eigenvalue weighted by Gasteiger charge is -2.59. The lowest BCUT2D eigenvalue weighted by atomic mass is 9.46. The Morgan fingerprint density at radius 2 is 1.95 bits per heavy atom. The number of benzene rings is 1. The van der Waals surface area contributed by atoms with Gasteiger partial charge in [0, 0.05) is 5.39 Å². The molecule has 1 heterocycles. The van der Waals surface area contributed by atoms with E-state index >= 15 is 0 Å². The molecule has 4 aliphatic rings. The highest BCUT2D eigenvalue weighted by atomic mass is 15.1. The summed E-state index contributed by atoms with van der Waals surface area (Å²) in [5.41, 5.74) is 4.98. The van der Waals surface area contributed by atoms with E-state index in [1.807, 2.05) is 0 Å². The van der Waals surface area contributed by atoms with Crippen molar-refractivity contribution in [3.05, 3.63) is 29.5 Å². The van der Waals surface area contributed by atoms with Crippen molar-refractivity contribution in [2.45, 2.75) is 58.3 Å². The number of hydrogen-bond acceptors (Lipinski definition) is 1. The van der Waals surface area contributed by atoms with E-state index < -0.39 is 0 Å². The molecule has 6 rings (SSSR count). The van der Waals surface area contributed by atoms with E-state index in [4.69, 9.17) is 0 Å². The van der Waals surface area contributed by atoms with Crippen molar-refractivity contribution in [1.29, 1.82) is 0 Å². The number of rotatable bonds is 2. The lowest BCUT2D eigenvalue weighted by Crippen LogP contribution is -2.48. The summed E-state index contributed by atoms with van der Waals surface area (Å²) in [6.07, 6.45) is 10.6. The lowest BCUT2D eigenvalue weighted by molar-refractivity contribution is -0.0586. The third-order valence-electron chi connectivity index (χ3n) is 7.00. The smallest absolute Gasteiger partial charge is 0.0655 e. The van der Waals surface area contributed by atoms with Gasteiger partial charge in [-0.05, 0) is 84.8 Å². The zero-order valence-corrected chi connectivity index (χ0v) is 13.7. The minimum absolute atomic E-state index is 0.658. The van der Waals surface area contributed by atoms with Crippen LogP contribution in [0.2, 0.25) is 0 Å². The number of nitrogens with one attached hydrogen (secondary N) is 1. The van der Waals surface area contributed by atoms with E-state index in [9.17, 15) is 0 Å². The molecule has 0 saturated heterocycles. The number of H-pyrrole nitrogens is 1. The van der Waals surface area contributed by atoms with Crippen molar-refractivity contribution in [2.75, 3.05) is 0 Å². The minimum Gasteiger partial charge on any atom is -0.278 e. The zero-order valence-electron chi connectivity index (χ0n) is 13.7. The first-order valence-electron chi connectivity index (χ1n) is 9.11. The van der Waals surface area contributed by atoms with Gasteiger partial charge >= 0.3 is 0 Å². The first kappa shape index (κ1) is 13.2. The Morgan fingerprint density at radius 1 is 1.18 bits per heavy atom. The van der Waals surface area contributed by atoms with Gasteiger partial charge in [0.2, 0.25) is 0 Å². The highest BCUT2D eigenvalue weighted by Crippen LogP contribution is 2.65. The molecule has 0 aliphatic heterocycles. The Morgan fingerprint density at radius 3 is 2.64 bits per heavy atom. The second kappa shape index (κ2) is 4.37. The molecule has 116 valence electrons. The quantitative estimate of drug-likeness (QED) is 0.824. The number of aromatic amines is 1. The molecule has 4 bridgehead atoms. The standard InChI is InChI=1S/C20H26N2/c1-3-12-6-16(17-11-21-22-18(17)7-12)19-14-4-13-5-15(19)10-20(2,8-13)9-14/h6-7,11,13-15,19H,3-5,8-10H2,1-2H3,(H,21,22). The third kappa shape index (κ3) is 1.76. The van der Waals surface area contributed by atoms with E-state index in [1.54, 1.807) is 5.56 Å². The SMILES string of the molecule is CCc1cc(C2C3CC4CC2CC(C)(C4)C3)c2cn[nH]c2c1. The Bertz CT molecular complexity index is 712. The number of aromatic nitrogens is 2. The second-order valence-electron chi connectivity index (χ2n) is 8.68. The Hall–Kier alpha value is -1.31. The average Bonchev–Trinajstić information content (AvgIpc) is 2.93. The number of nitrogens with zero attached hydrogens (tertiary/aromatic N) is 1. The molecule has 0 radical (unpaired) electrons. The average molecular weight is 294 g/mol. The number of aryl methyl sites for hydroxylation is 1. The summed E-state index contributed by atoms with van der Waals surface area (Å²) in [5.74, 6) is 3.65. The van der Waals surface area contributed by atoms with Crippen LogP contribution in [0.5, 0.6) is 0 Å². The van der Waals surface area contributed by atoms with E-state index in [2.05, 4.69) is 42.4 Å². The van der Waals surface area contributed by atoms with Crippen molar-refractivity contribution >= 4 is 10.9 Å². The summed E-state index contributed by atoms with van der Waals surface area (Å²) in [4.78, 5) is 0. The minimum atomic E-state index is 0.658. The molecule has 1 aromatic heterocycles. The summed E-state index contributed by atoms with van der Waals surface area (Å²) in [7, 11) is 0. The predicted octanol–water partition coefficient (Wildman–Crippen LogP) is 5.06.